The molecular weight excluding hydrogens is 712 g/mol. The fourth-order valence-corrected chi connectivity index (χ4v) is 8.74. The Labute approximate surface area is 236 Å². The summed E-state index contributed by atoms with van der Waals surface area (Å²) in [5, 5.41) is 12.5. The van der Waals surface area contributed by atoms with Gasteiger partial charge in [-0.2, -0.15) is 0 Å². The minimum atomic E-state index is -0.00135. The molecule has 170 valence electrons. The quantitative estimate of drug-likeness (QED) is 0.115. The summed E-state index contributed by atoms with van der Waals surface area (Å²) in [6.07, 6.45) is 0. The van der Waals surface area contributed by atoms with Crippen LogP contribution in [-0.2, 0) is 0 Å². The molecule has 0 aliphatic rings. The number of rotatable bonds is 0. The van der Waals surface area contributed by atoms with Gasteiger partial charge in [0.2, 0.25) is 0 Å². The van der Waals surface area contributed by atoms with Crippen LogP contribution in [-0.4, -0.2) is 0 Å². The van der Waals surface area contributed by atoms with Gasteiger partial charge in [-0.25, -0.2) is 0 Å². The predicted octanol–water partition coefficient (Wildman–Crippen LogP) is 9.84. The maximum absolute atomic E-state index is 13.8. The van der Waals surface area contributed by atoms with Gasteiger partial charge in [0.15, 0.2) is 10.9 Å². The Morgan fingerprint density at radius 2 is 1.11 bits per heavy atom. The standard InChI is InChI=1S/C30H10Br4O2/c31-12-6-8-14-18(10-12)29(35)16-7-5-11-9-17-13-3-1-2-4-15(13)30(36)25-21(17)23-19(11)20(16)22(14)26(32)24(23)27(33)28(25)34/h1-10H. The van der Waals surface area contributed by atoms with Crippen molar-refractivity contribution in [2.24, 2.45) is 0 Å². The summed E-state index contributed by atoms with van der Waals surface area (Å²) in [6.45, 7) is 0. The van der Waals surface area contributed by atoms with Gasteiger partial charge in [-0.15, -0.1) is 0 Å². The zero-order valence-electron chi connectivity index (χ0n) is 18.1. The van der Waals surface area contributed by atoms with Gasteiger partial charge in [0, 0.05) is 66.4 Å². The van der Waals surface area contributed by atoms with Crippen LogP contribution < -0.4 is 10.9 Å². The molecule has 0 aliphatic heterocycles. The number of benzene rings is 8. The summed E-state index contributed by atoms with van der Waals surface area (Å²) in [5.41, 5.74) is 0.0105. The van der Waals surface area contributed by atoms with Crippen molar-refractivity contribution >= 4 is 139 Å². The van der Waals surface area contributed by atoms with Gasteiger partial charge < -0.3 is 0 Å². The van der Waals surface area contributed by atoms with E-state index in [1.165, 1.54) is 0 Å². The van der Waals surface area contributed by atoms with Gasteiger partial charge in [0.1, 0.15) is 0 Å². The maximum Gasteiger partial charge on any atom is 0.195 e. The van der Waals surface area contributed by atoms with Crippen LogP contribution in [0.25, 0.3) is 75.4 Å². The Kier molecular flexibility index (Phi) is 4.30. The summed E-state index contributed by atoms with van der Waals surface area (Å²) in [4.78, 5) is 27.5. The molecule has 2 nitrogen and oxygen atoms in total. The lowest BCUT2D eigenvalue weighted by molar-refractivity contribution is 1.67. The van der Waals surface area contributed by atoms with E-state index in [1.54, 1.807) is 0 Å². The van der Waals surface area contributed by atoms with Crippen LogP contribution in [0.5, 0.6) is 0 Å². The van der Waals surface area contributed by atoms with Crippen LogP contribution in [0.2, 0.25) is 0 Å². The van der Waals surface area contributed by atoms with Crippen LogP contribution in [0.4, 0.5) is 0 Å². The average molecular weight is 722 g/mol. The number of hydrogen-bond acceptors (Lipinski definition) is 2. The summed E-state index contributed by atoms with van der Waals surface area (Å²) < 4.78 is 3.33. The molecule has 0 bridgehead atoms. The monoisotopic (exact) mass is 718 g/mol. The molecular formula is C30H10Br4O2. The molecule has 0 atom stereocenters. The molecule has 8 aromatic carbocycles. The zero-order chi connectivity index (χ0) is 24.6. The fraction of sp³-hybridized carbons (Fsp3) is 0. The summed E-state index contributed by atoms with van der Waals surface area (Å²) in [7, 11) is 0. The van der Waals surface area contributed by atoms with Gasteiger partial charge in [-0.05, 0) is 99.0 Å². The minimum Gasteiger partial charge on any atom is -0.289 e. The van der Waals surface area contributed by atoms with E-state index < -0.39 is 0 Å². The molecule has 6 heteroatoms. The molecule has 0 saturated carbocycles. The first-order chi connectivity index (χ1) is 17.4. The first-order valence-electron chi connectivity index (χ1n) is 11.2. The lowest BCUT2D eigenvalue weighted by atomic mass is 9.84. The van der Waals surface area contributed by atoms with Gasteiger partial charge in [0.05, 0.1) is 0 Å². The van der Waals surface area contributed by atoms with E-state index in [0.717, 1.165) is 71.8 Å². The largest absolute Gasteiger partial charge is 0.289 e. The van der Waals surface area contributed by atoms with E-state index >= 15 is 0 Å². The van der Waals surface area contributed by atoms with Gasteiger partial charge in [-0.3, -0.25) is 9.59 Å². The highest BCUT2D eigenvalue weighted by atomic mass is 79.9. The molecule has 0 spiro atoms. The van der Waals surface area contributed by atoms with Crippen LogP contribution in [0.15, 0.2) is 88.1 Å². The van der Waals surface area contributed by atoms with Crippen LogP contribution in [0, 0.1) is 0 Å². The Morgan fingerprint density at radius 1 is 0.417 bits per heavy atom. The van der Waals surface area contributed by atoms with E-state index in [9.17, 15) is 9.59 Å². The molecule has 0 aliphatic carbocycles. The van der Waals surface area contributed by atoms with Gasteiger partial charge >= 0.3 is 0 Å². The van der Waals surface area contributed by atoms with Gasteiger partial charge in [0.25, 0.3) is 0 Å². The molecule has 36 heavy (non-hydrogen) atoms. The van der Waals surface area contributed by atoms with E-state index in [-0.39, 0.29) is 10.9 Å². The molecule has 0 amide bonds. The highest BCUT2D eigenvalue weighted by Crippen LogP contribution is 2.52. The van der Waals surface area contributed by atoms with E-state index in [0.29, 0.717) is 21.5 Å². The lowest BCUT2D eigenvalue weighted by Crippen LogP contribution is -2.07. The molecule has 0 radical (unpaired) electrons. The third kappa shape index (κ3) is 2.42. The Morgan fingerprint density at radius 3 is 1.92 bits per heavy atom. The highest BCUT2D eigenvalue weighted by molar-refractivity contribution is 9.13. The van der Waals surface area contributed by atoms with Crippen LogP contribution in [0.3, 0.4) is 0 Å². The van der Waals surface area contributed by atoms with Crippen molar-refractivity contribution in [2.75, 3.05) is 0 Å². The van der Waals surface area contributed by atoms with Crippen molar-refractivity contribution in [3.05, 3.63) is 99.0 Å². The lowest BCUT2D eigenvalue weighted by Gasteiger charge is -2.22. The molecule has 0 N–H and O–H groups in total. The molecule has 0 saturated heterocycles. The smallest absolute Gasteiger partial charge is 0.195 e. The molecule has 0 unspecified atom stereocenters. The first-order valence-corrected chi connectivity index (χ1v) is 14.4. The van der Waals surface area contributed by atoms with Gasteiger partial charge in [-0.1, -0.05) is 52.3 Å². The zero-order valence-corrected chi connectivity index (χ0v) is 24.4. The molecule has 0 fully saturated rings. The molecule has 8 aromatic rings. The number of halogens is 4. The highest BCUT2D eigenvalue weighted by Gasteiger charge is 2.27. The summed E-state index contributed by atoms with van der Waals surface area (Å²) in [6, 6.07) is 19.8. The van der Waals surface area contributed by atoms with Crippen LogP contribution in [0.1, 0.15) is 0 Å². The van der Waals surface area contributed by atoms with Crippen molar-refractivity contribution in [3.8, 4) is 0 Å². The van der Waals surface area contributed by atoms with E-state index in [2.05, 4.69) is 69.8 Å². The SMILES string of the molecule is O=c1c2cc(Br)ccc2c2c(Br)c3c(Br)c(Br)c4c(=O)c5ccccc5c5cc6ccc1c2c6c3c45. The normalized spacial score (nSPS) is 12.7. The third-order valence-corrected chi connectivity index (χ3v) is 11.0. The molecule has 8 rings (SSSR count). The Bertz CT molecular complexity index is 2400. The topological polar surface area (TPSA) is 34.1 Å². The first kappa shape index (κ1) is 21.7. The number of fused-ring (bicyclic) bond motifs is 4. The minimum absolute atomic E-state index is 0.00135. The summed E-state index contributed by atoms with van der Waals surface area (Å²) in [5.74, 6) is 0. The third-order valence-electron chi connectivity index (χ3n) is 7.56. The second-order valence-corrected chi connectivity index (χ2v) is 12.5. The van der Waals surface area contributed by atoms with Crippen molar-refractivity contribution in [2.45, 2.75) is 0 Å². The second-order valence-electron chi connectivity index (χ2n) is 9.22. The van der Waals surface area contributed by atoms with Crippen molar-refractivity contribution in [1.82, 2.24) is 0 Å². The van der Waals surface area contributed by atoms with Crippen molar-refractivity contribution in [1.29, 1.82) is 0 Å². The predicted molar refractivity (Wildman–Crippen MR) is 166 cm³/mol. The molecule has 0 aromatic heterocycles. The Hall–Kier alpha value is -2.38. The summed E-state index contributed by atoms with van der Waals surface area (Å²) >= 11 is 15.1. The van der Waals surface area contributed by atoms with Crippen LogP contribution >= 0.6 is 63.7 Å². The fourth-order valence-electron chi connectivity index (χ4n) is 6.13. The maximum atomic E-state index is 13.8. The number of hydrogen-bond donors (Lipinski definition) is 0. The average Bonchev–Trinajstić information content (AvgIpc) is 2.88. The Balaban J connectivity index is 1.85. The van der Waals surface area contributed by atoms with E-state index in [1.807, 2.05) is 54.6 Å². The van der Waals surface area contributed by atoms with E-state index in [4.69, 9.17) is 0 Å². The molecule has 0 heterocycles. The second kappa shape index (κ2) is 7.13. The van der Waals surface area contributed by atoms with Crippen molar-refractivity contribution < 1.29 is 0 Å². The van der Waals surface area contributed by atoms with Crippen molar-refractivity contribution in [3.63, 3.8) is 0 Å².